The van der Waals surface area contributed by atoms with Crippen molar-refractivity contribution in [3.63, 3.8) is 0 Å². The van der Waals surface area contributed by atoms with Gasteiger partial charge in [0.05, 0.1) is 18.2 Å². The van der Waals surface area contributed by atoms with Gasteiger partial charge in [0, 0.05) is 29.9 Å². The Kier molecular flexibility index (Phi) is 10.3. The summed E-state index contributed by atoms with van der Waals surface area (Å²) in [7, 11) is 0. The highest BCUT2D eigenvalue weighted by molar-refractivity contribution is 5.91. The molecule has 0 fully saturated rings. The number of urea groups is 1. The second-order valence-electron chi connectivity index (χ2n) is 7.61. The fourth-order valence-electron chi connectivity index (χ4n) is 3.10. The van der Waals surface area contributed by atoms with Gasteiger partial charge < -0.3 is 10.2 Å². The number of carbonyl (C=O) groups is 2. The second-order valence-corrected chi connectivity index (χ2v) is 7.61. The molecule has 0 saturated heterocycles. The number of nitrogens with one attached hydrogen (secondary N) is 2. The Morgan fingerprint density at radius 2 is 1.94 bits per heavy atom. The van der Waals surface area contributed by atoms with E-state index in [1.54, 1.807) is 17.9 Å². The maximum Gasteiger partial charge on any atom is 0.323 e. The van der Waals surface area contributed by atoms with Crippen LogP contribution in [0, 0.1) is 29.9 Å². The van der Waals surface area contributed by atoms with Crippen molar-refractivity contribution in [1.82, 2.24) is 15.2 Å². The van der Waals surface area contributed by atoms with E-state index in [0.29, 0.717) is 30.9 Å². The predicted octanol–water partition coefficient (Wildman–Crippen LogP) is 5.09. The van der Waals surface area contributed by atoms with Crippen LogP contribution in [0.2, 0.25) is 0 Å². The van der Waals surface area contributed by atoms with Crippen molar-refractivity contribution in [3.05, 3.63) is 94.7 Å². The molecule has 0 radical (unpaired) electrons. The van der Waals surface area contributed by atoms with Crippen molar-refractivity contribution in [3.8, 4) is 6.07 Å². The van der Waals surface area contributed by atoms with Crippen LogP contribution in [-0.2, 0) is 11.3 Å². The van der Waals surface area contributed by atoms with Crippen molar-refractivity contribution in [1.29, 1.82) is 5.26 Å². The van der Waals surface area contributed by atoms with Crippen LogP contribution in [0.25, 0.3) is 0 Å². The lowest BCUT2D eigenvalue weighted by atomic mass is 10.1. The lowest BCUT2D eigenvalue weighted by Gasteiger charge is -2.27. The normalized spacial score (nSPS) is 12.3. The summed E-state index contributed by atoms with van der Waals surface area (Å²) in [6, 6.07) is 16.7. The number of benzene rings is 2. The van der Waals surface area contributed by atoms with Crippen molar-refractivity contribution >= 4 is 18.3 Å². The van der Waals surface area contributed by atoms with Gasteiger partial charge in [-0.1, -0.05) is 42.0 Å². The van der Waals surface area contributed by atoms with E-state index in [0.717, 1.165) is 17.7 Å². The maximum atomic E-state index is 13.0. The Labute approximate surface area is 203 Å². The van der Waals surface area contributed by atoms with Gasteiger partial charge in [0.2, 0.25) is 6.41 Å². The summed E-state index contributed by atoms with van der Waals surface area (Å²) in [6.07, 6.45) is 1.94. The SMILES string of the molecule is CC(NC=O)c1ccc(F)cc1F.CCN1Cc2cc(C#N)cnc2NC1=O.Cc1ccccc1. The van der Waals surface area contributed by atoms with Gasteiger partial charge in [-0.3, -0.25) is 10.1 Å². The van der Waals surface area contributed by atoms with Crippen molar-refractivity contribution in [2.75, 3.05) is 11.9 Å². The van der Waals surface area contributed by atoms with Crippen LogP contribution in [-0.4, -0.2) is 28.9 Å². The van der Waals surface area contributed by atoms with Gasteiger partial charge in [0.1, 0.15) is 23.5 Å². The van der Waals surface area contributed by atoms with Crippen molar-refractivity contribution in [2.45, 2.75) is 33.4 Å². The molecule has 35 heavy (non-hydrogen) atoms. The zero-order valence-electron chi connectivity index (χ0n) is 19.8. The van der Waals surface area contributed by atoms with Gasteiger partial charge in [-0.15, -0.1) is 0 Å². The van der Waals surface area contributed by atoms with Gasteiger partial charge in [-0.25, -0.2) is 18.6 Å². The summed E-state index contributed by atoms with van der Waals surface area (Å²) in [6.45, 7) is 6.76. The first-order valence-corrected chi connectivity index (χ1v) is 10.9. The number of aromatic nitrogens is 1. The highest BCUT2D eigenvalue weighted by Gasteiger charge is 2.22. The predicted molar refractivity (Wildman–Crippen MR) is 129 cm³/mol. The fourth-order valence-corrected chi connectivity index (χ4v) is 3.10. The molecular formula is C26H27F2N5O2. The zero-order chi connectivity index (χ0) is 25.8. The molecule has 1 atom stereocenters. The molecule has 0 bridgehead atoms. The molecule has 182 valence electrons. The lowest BCUT2D eigenvalue weighted by Crippen LogP contribution is -2.38. The molecule has 1 aliphatic rings. The molecule has 0 saturated carbocycles. The molecule has 0 aliphatic carbocycles. The minimum Gasteiger partial charge on any atom is -0.352 e. The number of fused-ring (bicyclic) bond motifs is 1. The number of hydrogen-bond donors (Lipinski definition) is 2. The Morgan fingerprint density at radius 3 is 2.49 bits per heavy atom. The van der Waals surface area contributed by atoms with Gasteiger partial charge in [-0.05, 0) is 32.9 Å². The quantitative estimate of drug-likeness (QED) is 0.510. The van der Waals surface area contributed by atoms with Crippen LogP contribution in [0.4, 0.5) is 19.4 Å². The number of rotatable bonds is 4. The summed E-state index contributed by atoms with van der Waals surface area (Å²) < 4.78 is 25.5. The molecule has 3 aromatic rings. The largest absolute Gasteiger partial charge is 0.352 e. The van der Waals surface area contributed by atoms with E-state index in [9.17, 15) is 18.4 Å². The summed E-state index contributed by atoms with van der Waals surface area (Å²) in [5, 5.41) is 13.8. The van der Waals surface area contributed by atoms with Crippen LogP contribution in [0.5, 0.6) is 0 Å². The molecule has 3 amide bonds. The molecule has 2 N–H and O–H groups in total. The summed E-state index contributed by atoms with van der Waals surface area (Å²) in [5.41, 5.74) is 2.99. The van der Waals surface area contributed by atoms with E-state index in [1.165, 1.54) is 17.8 Å². The third-order valence-electron chi connectivity index (χ3n) is 5.04. The minimum absolute atomic E-state index is 0.137. The van der Waals surface area contributed by atoms with Crippen LogP contribution < -0.4 is 10.6 Å². The van der Waals surface area contributed by atoms with E-state index in [-0.39, 0.29) is 11.6 Å². The minimum atomic E-state index is -0.651. The van der Waals surface area contributed by atoms with Crippen LogP contribution in [0.1, 0.15) is 42.1 Å². The fraction of sp³-hybridized carbons (Fsp3) is 0.231. The van der Waals surface area contributed by atoms with E-state index >= 15 is 0 Å². The van der Waals surface area contributed by atoms with E-state index in [1.807, 2.05) is 31.2 Å². The van der Waals surface area contributed by atoms with Crippen LogP contribution >= 0.6 is 0 Å². The first kappa shape index (κ1) is 26.9. The molecular weight excluding hydrogens is 452 g/mol. The number of nitriles is 1. The van der Waals surface area contributed by atoms with Gasteiger partial charge in [0.25, 0.3) is 0 Å². The number of amides is 3. The Balaban J connectivity index is 0.000000197. The highest BCUT2D eigenvalue weighted by Crippen LogP contribution is 2.21. The van der Waals surface area contributed by atoms with Gasteiger partial charge >= 0.3 is 6.03 Å². The molecule has 7 nitrogen and oxygen atoms in total. The second kappa shape index (κ2) is 13.4. The molecule has 2 heterocycles. The van der Waals surface area contributed by atoms with Crippen molar-refractivity contribution in [2.24, 2.45) is 0 Å². The topological polar surface area (TPSA) is 98.1 Å². The molecule has 1 aromatic heterocycles. The highest BCUT2D eigenvalue weighted by atomic mass is 19.1. The third kappa shape index (κ3) is 8.19. The number of halogens is 2. The van der Waals surface area contributed by atoms with E-state index < -0.39 is 17.7 Å². The summed E-state index contributed by atoms with van der Waals surface area (Å²) in [4.78, 5) is 27.2. The number of pyridine rings is 1. The third-order valence-corrected chi connectivity index (χ3v) is 5.04. The number of carbonyl (C=O) groups excluding carboxylic acids is 2. The Hall–Kier alpha value is -4.32. The summed E-state index contributed by atoms with van der Waals surface area (Å²) >= 11 is 0. The molecule has 1 unspecified atom stereocenters. The summed E-state index contributed by atoms with van der Waals surface area (Å²) in [5.74, 6) is -0.717. The van der Waals surface area contributed by atoms with E-state index in [4.69, 9.17) is 5.26 Å². The number of anilines is 1. The first-order chi connectivity index (χ1) is 16.8. The van der Waals surface area contributed by atoms with Gasteiger partial charge in [-0.2, -0.15) is 5.26 Å². The maximum absolute atomic E-state index is 13.0. The average molecular weight is 480 g/mol. The van der Waals surface area contributed by atoms with Gasteiger partial charge in [0.15, 0.2) is 0 Å². The molecule has 4 rings (SSSR count). The Bertz CT molecular complexity index is 1180. The zero-order valence-corrected chi connectivity index (χ0v) is 19.8. The number of hydrogen-bond acceptors (Lipinski definition) is 4. The van der Waals surface area contributed by atoms with Crippen LogP contribution in [0.3, 0.4) is 0 Å². The molecule has 0 spiro atoms. The lowest BCUT2D eigenvalue weighted by molar-refractivity contribution is -0.110. The number of aryl methyl sites for hydroxylation is 1. The van der Waals surface area contributed by atoms with E-state index in [2.05, 4.69) is 34.7 Å². The molecule has 2 aromatic carbocycles. The molecule has 9 heteroatoms. The monoisotopic (exact) mass is 479 g/mol. The van der Waals surface area contributed by atoms with Crippen LogP contribution in [0.15, 0.2) is 60.8 Å². The average Bonchev–Trinajstić information content (AvgIpc) is 2.84. The standard InChI is InChI=1S/C10H10N4O.C9H9F2NO.C7H8/c1-2-14-6-8-3-7(4-11)5-12-9(8)13-10(14)15;1-6(12-5-13)8-3-2-7(10)4-9(8)11;1-7-5-3-2-4-6-7/h3,5H,2,6H2,1H3,(H,12,13,15);2-6H,1H3,(H,12,13);2-6H,1H3. The van der Waals surface area contributed by atoms with Crippen molar-refractivity contribution < 1.29 is 18.4 Å². The smallest absolute Gasteiger partial charge is 0.323 e. The number of nitrogens with zero attached hydrogens (tertiary/aromatic N) is 3. The molecule has 1 aliphatic heterocycles. The first-order valence-electron chi connectivity index (χ1n) is 10.9. The Morgan fingerprint density at radius 1 is 1.23 bits per heavy atom.